The molecule has 0 saturated carbocycles. The molecular formula is C15H16N4S. The van der Waals surface area contributed by atoms with Crippen molar-refractivity contribution in [1.82, 2.24) is 19.8 Å². The Labute approximate surface area is 121 Å². The first kappa shape index (κ1) is 13.0. The zero-order chi connectivity index (χ0) is 13.9. The largest absolute Gasteiger partial charge is 0.234 e. The summed E-state index contributed by atoms with van der Waals surface area (Å²) in [5.41, 5.74) is 1.17. The molecule has 0 N–H and O–H groups in total. The van der Waals surface area contributed by atoms with Crippen molar-refractivity contribution in [2.75, 3.05) is 0 Å². The Morgan fingerprint density at radius 3 is 2.70 bits per heavy atom. The number of benzene rings is 1. The molecule has 3 rings (SSSR count). The normalized spacial score (nSPS) is 11.9. The molecule has 0 radical (unpaired) electrons. The predicted octanol–water partition coefficient (Wildman–Crippen LogP) is 3.55. The molecule has 2 heterocycles. The van der Waals surface area contributed by atoms with Gasteiger partial charge in [-0.3, -0.25) is 0 Å². The van der Waals surface area contributed by atoms with Gasteiger partial charge in [-0.05, 0) is 17.6 Å². The van der Waals surface area contributed by atoms with Crippen molar-refractivity contribution in [3.05, 3.63) is 46.7 Å². The summed E-state index contributed by atoms with van der Waals surface area (Å²) < 4.78 is 1.86. The smallest absolute Gasteiger partial charge is 0.187 e. The Kier molecular flexibility index (Phi) is 3.60. The highest BCUT2D eigenvalue weighted by Gasteiger charge is 2.11. The molecule has 0 saturated heterocycles. The van der Waals surface area contributed by atoms with E-state index in [-0.39, 0.29) is 0 Å². The topological polar surface area (TPSA) is 43.1 Å². The number of fused-ring (bicyclic) bond motifs is 1. The number of aromatic nitrogens is 4. The molecule has 102 valence electrons. The van der Waals surface area contributed by atoms with Crippen LogP contribution in [0.4, 0.5) is 0 Å². The molecular weight excluding hydrogens is 268 g/mol. The summed E-state index contributed by atoms with van der Waals surface area (Å²) in [6.45, 7) is 4.34. The first-order valence-corrected chi connectivity index (χ1v) is 7.48. The van der Waals surface area contributed by atoms with Crippen LogP contribution in [0.1, 0.15) is 30.2 Å². The maximum absolute atomic E-state index is 4.56. The lowest BCUT2D eigenvalue weighted by Gasteiger charge is -1.99. The van der Waals surface area contributed by atoms with Crippen LogP contribution in [-0.2, 0) is 6.42 Å². The average Bonchev–Trinajstić information content (AvgIpc) is 2.99. The van der Waals surface area contributed by atoms with Crippen molar-refractivity contribution >= 4 is 28.4 Å². The SMILES string of the molecule is CC(C)Cc1nnc2sc(/C=C\c3ccccc3)nn12. The zero-order valence-corrected chi connectivity index (χ0v) is 12.3. The third kappa shape index (κ3) is 2.77. The number of hydrogen-bond acceptors (Lipinski definition) is 4. The molecule has 0 amide bonds. The minimum absolute atomic E-state index is 0.549. The summed E-state index contributed by atoms with van der Waals surface area (Å²) >= 11 is 1.56. The van der Waals surface area contributed by atoms with Crippen LogP contribution in [0.5, 0.6) is 0 Å². The summed E-state index contributed by atoms with van der Waals surface area (Å²) in [6.07, 6.45) is 4.98. The minimum atomic E-state index is 0.549. The summed E-state index contributed by atoms with van der Waals surface area (Å²) in [4.78, 5) is 0.855. The van der Waals surface area contributed by atoms with Crippen LogP contribution in [0.25, 0.3) is 17.1 Å². The standard InChI is InChI=1S/C15H16N4S/c1-11(2)10-13-16-17-15-19(13)18-14(20-15)9-8-12-6-4-3-5-7-12/h3-9,11H,10H2,1-2H3/b9-8-. The van der Waals surface area contributed by atoms with Crippen LogP contribution >= 0.6 is 11.3 Å². The highest BCUT2D eigenvalue weighted by atomic mass is 32.1. The van der Waals surface area contributed by atoms with Crippen molar-refractivity contribution in [2.45, 2.75) is 20.3 Å². The number of rotatable bonds is 4. The van der Waals surface area contributed by atoms with E-state index in [1.165, 1.54) is 5.56 Å². The summed E-state index contributed by atoms with van der Waals surface area (Å²) in [5.74, 6) is 1.48. The molecule has 0 spiro atoms. The van der Waals surface area contributed by atoms with Crippen molar-refractivity contribution in [1.29, 1.82) is 0 Å². The molecule has 2 aromatic heterocycles. The zero-order valence-electron chi connectivity index (χ0n) is 11.5. The van der Waals surface area contributed by atoms with E-state index in [0.717, 1.165) is 22.2 Å². The number of hydrogen-bond donors (Lipinski definition) is 0. The van der Waals surface area contributed by atoms with Gasteiger partial charge >= 0.3 is 0 Å². The maximum atomic E-state index is 4.56. The van der Waals surface area contributed by atoms with Gasteiger partial charge < -0.3 is 0 Å². The Morgan fingerprint density at radius 2 is 1.95 bits per heavy atom. The lowest BCUT2D eigenvalue weighted by Crippen LogP contribution is -2.01. The Balaban J connectivity index is 1.86. The van der Waals surface area contributed by atoms with E-state index in [1.54, 1.807) is 11.3 Å². The first-order chi connectivity index (χ1) is 9.72. The van der Waals surface area contributed by atoms with E-state index in [4.69, 9.17) is 0 Å². The lowest BCUT2D eigenvalue weighted by atomic mass is 10.1. The van der Waals surface area contributed by atoms with Gasteiger partial charge in [-0.1, -0.05) is 61.6 Å². The van der Waals surface area contributed by atoms with E-state index in [1.807, 2.05) is 28.8 Å². The van der Waals surface area contributed by atoms with Crippen LogP contribution in [0.2, 0.25) is 0 Å². The third-order valence-corrected chi connectivity index (χ3v) is 3.74. The van der Waals surface area contributed by atoms with E-state index < -0.39 is 0 Å². The van der Waals surface area contributed by atoms with E-state index in [9.17, 15) is 0 Å². The number of nitrogens with zero attached hydrogens (tertiary/aromatic N) is 4. The highest BCUT2D eigenvalue weighted by molar-refractivity contribution is 7.17. The molecule has 0 aliphatic carbocycles. The monoisotopic (exact) mass is 284 g/mol. The second-order valence-electron chi connectivity index (χ2n) is 5.09. The molecule has 0 bridgehead atoms. The second-order valence-corrected chi connectivity index (χ2v) is 6.08. The van der Waals surface area contributed by atoms with Crippen LogP contribution in [-0.4, -0.2) is 19.8 Å². The molecule has 3 aromatic rings. The molecule has 0 aliphatic heterocycles. The second kappa shape index (κ2) is 5.54. The van der Waals surface area contributed by atoms with Crippen molar-refractivity contribution in [3.63, 3.8) is 0 Å². The Bertz CT molecular complexity index is 725. The molecule has 4 nitrogen and oxygen atoms in total. The van der Waals surface area contributed by atoms with Crippen molar-refractivity contribution in [2.24, 2.45) is 5.92 Å². The van der Waals surface area contributed by atoms with E-state index >= 15 is 0 Å². The average molecular weight is 284 g/mol. The van der Waals surface area contributed by atoms with Crippen LogP contribution < -0.4 is 0 Å². The van der Waals surface area contributed by atoms with E-state index in [0.29, 0.717) is 5.92 Å². The molecule has 0 unspecified atom stereocenters. The van der Waals surface area contributed by atoms with Gasteiger partial charge in [0.1, 0.15) is 5.01 Å². The molecule has 20 heavy (non-hydrogen) atoms. The Hall–Kier alpha value is -2.01. The van der Waals surface area contributed by atoms with Crippen molar-refractivity contribution < 1.29 is 0 Å². The van der Waals surface area contributed by atoms with Gasteiger partial charge in [0, 0.05) is 6.42 Å². The predicted molar refractivity (Wildman–Crippen MR) is 82.6 cm³/mol. The quantitative estimate of drug-likeness (QED) is 0.735. The molecule has 1 aromatic carbocycles. The molecule has 0 aliphatic rings. The van der Waals surface area contributed by atoms with Gasteiger partial charge in [-0.15, -0.1) is 10.2 Å². The fourth-order valence-corrected chi connectivity index (χ4v) is 2.72. The molecule has 0 fully saturated rings. The van der Waals surface area contributed by atoms with Crippen LogP contribution in [0.15, 0.2) is 30.3 Å². The summed E-state index contributed by atoms with van der Waals surface area (Å²) in [5, 5.41) is 13.9. The van der Waals surface area contributed by atoms with Crippen LogP contribution in [0, 0.1) is 5.92 Å². The van der Waals surface area contributed by atoms with Gasteiger partial charge in [0.25, 0.3) is 0 Å². The van der Waals surface area contributed by atoms with Gasteiger partial charge in [-0.2, -0.15) is 9.61 Å². The lowest BCUT2D eigenvalue weighted by molar-refractivity contribution is 0.606. The first-order valence-electron chi connectivity index (χ1n) is 6.66. The summed E-state index contributed by atoms with van der Waals surface area (Å²) in [7, 11) is 0. The fourth-order valence-electron chi connectivity index (χ4n) is 1.96. The molecule has 5 heteroatoms. The minimum Gasteiger partial charge on any atom is -0.187 e. The Morgan fingerprint density at radius 1 is 1.15 bits per heavy atom. The van der Waals surface area contributed by atoms with Gasteiger partial charge in [0.05, 0.1) is 0 Å². The van der Waals surface area contributed by atoms with Crippen LogP contribution in [0.3, 0.4) is 0 Å². The van der Waals surface area contributed by atoms with Gasteiger partial charge in [-0.25, -0.2) is 0 Å². The van der Waals surface area contributed by atoms with Gasteiger partial charge in [0.2, 0.25) is 4.96 Å². The van der Waals surface area contributed by atoms with Gasteiger partial charge in [0.15, 0.2) is 5.82 Å². The van der Waals surface area contributed by atoms with E-state index in [2.05, 4.69) is 47.4 Å². The highest BCUT2D eigenvalue weighted by Crippen LogP contribution is 2.18. The molecule has 0 atom stereocenters. The fraction of sp³-hybridized carbons (Fsp3) is 0.267. The maximum Gasteiger partial charge on any atom is 0.234 e. The summed E-state index contributed by atoms with van der Waals surface area (Å²) in [6, 6.07) is 10.2. The van der Waals surface area contributed by atoms with Crippen molar-refractivity contribution in [3.8, 4) is 0 Å². The third-order valence-electron chi connectivity index (χ3n) is 2.88.